The van der Waals surface area contributed by atoms with Crippen LogP contribution in [0.3, 0.4) is 0 Å². The van der Waals surface area contributed by atoms with Gasteiger partial charge in [-0.1, -0.05) is 0 Å². The van der Waals surface area contributed by atoms with Crippen molar-refractivity contribution in [3.8, 4) is 0 Å². The van der Waals surface area contributed by atoms with E-state index in [4.69, 9.17) is 0 Å². The predicted octanol–water partition coefficient (Wildman–Crippen LogP) is 0.0169. The minimum absolute atomic E-state index is 0.0272. The maximum absolute atomic E-state index is 11.3. The average molecular weight is 229 g/mol. The van der Waals surface area contributed by atoms with E-state index in [0.29, 0.717) is 25.9 Å². The fraction of sp³-hybridized carbons (Fsp3) is 0.818. The molecule has 0 unspecified atom stereocenters. The summed E-state index contributed by atoms with van der Waals surface area (Å²) >= 11 is 0. The van der Waals surface area contributed by atoms with Gasteiger partial charge in [0, 0.05) is 38.5 Å². The molecule has 5 nitrogen and oxygen atoms in total. The summed E-state index contributed by atoms with van der Waals surface area (Å²) < 4.78 is 0. The summed E-state index contributed by atoms with van der Waals surface area (Å²) in [6.07, 6.45) is 0.764. The third-order valence-electron chi connectivity index (χ3n) is 1.96. The maximum Gasteiger partial charge on any atom is 0.221 e. The van der Waals surface area contributed by atoms with E-state index >= 15 is 0 Å². The predicted molar refractivity (Wildman–Crippen MR) is 64.1 cm³/mol. The molecule has 94 valence electrons. The summed E-state index contributed by atoms with van der Waals surface area (Å²) in [5.41, 5.74) is 0.0301. The van der Waals surface area contributed by atoms with Crippen LogP contribution in [0.4, 0.5) is 0 Å². The lowest BCUT2D eigenvalue weighted by Gasteiger charge is -2.20. The molecule has 0 aromatic rings. The summed E-state index contributed by atoms with van der Waals surface area (Å²) in [6.45, 7) is 7.20. The van der Waals surface area contributed by atoms with Crippen LogP contribution in [0, 0.1) is 0 Å². The summed E-state index contributed by atoms with van der Waals surface area (Å²) in [7, 11) is 1.58. The topological polar surface area (TPSA) is 70.2 Å². The van der Waals surface area contributed by atoms with Crippen LogP contribution in [-0.2, 0) is 9.59 Å². The minimum Gasteiger partial charge on any atom is -0.359 e. The first-order chi connectivity index (χ1) is 7.35. The van der Waals surface area contributed by atoms with Gasteiger partial charge in [0.15, 0.2) is 0 Å². The summed E-state index contributed by atoms with van der Waals surface area (Å²) in [4.78, 5) is 22.2. The van der Waals surface area contributed by atoms with Crippen molar-refractivity contribution in [1.82, 2.24) is 16.0 Å². The quantitative estimate of drug-likeness (QED) is 0.601. The normalized spacial score (nSPS) is 11.0. The molecule has 0 saturated heterocycles. The van der Waals surface area contributed by atoms with Crippen LogP contribution < -0.4 is 16.0 Å². The van der Waals surface area contributed by atoms with Crippen LogP contribution in [0.1, 0.15) is 33.6 Å². The third kappa shape index (κ3) is 9.45. The number of carbonyl (C=O) groups excluding carboxylic acids is 2. The van der Waals surface area contributed by atoms with Crippen LogP contribution in [0.15, 0.2) is 0 Å². The number of hydrogen-bond acceptors (Lipinski definition) is 3. The van der Waals surface area contributed by atoms with Gasteiger partial charge >= 0.3 is 0 Å². The fourth-order valence-corrected chi connectivity index (χ4v) is 1.08. The van der Waals surface area contributed by atoms with Gasteiger partial charge in [0.25, 0.3) is 0 Å². The van der Waals surface area contributed by atoms with E-state index in [9.17, 15) is 9.59 Å². The van der Waals surface area contributed by atoms with Gasteiger partial charge in [0.05, 0.1) is 0 Å². The molecule has 2 amide bonds. The second-order valence-corrected chi connectivity index (χ2v) is 4.70. The van der Waals surface area contributed by atoms with Crippen molar-refractivity contribution < 1.29 is 9.59 Å². The molecule has 0 atom stereocenters. The monoisotopic (exact) mass is 229 g/mol. The molecule has 0 spiro atoms. The summed E-state index contributed by atoms with van der Waals surface area (Å²) in [6, 6.07) is 0. The van der Waals surface area contributed by atoms with Crippen molar-refractivity contribution in [1.29, 1.82) is 0 Å². The molecule has 0 rings (SSSR count). The van der Waals surface area contributed by atoms with Crippen LogP contribution in [0.5, 0.6) is 0 Å². The van der Waals surface area contributed by atoms with Gasteiger partial charge in [-0.2, -0.15) is 0 Å². The highest BCUT2D eigenvalue weighted by molar-refractivity contribution is 5.78. The fourth-order valence-electron chi connectivity index (χ4n) is 1.08. The zero-order valence-corrected chi connectivity index (χ0v) is 10.6. The van der Waals surface area contributed by atoms with Gasteiger partial charge in [0.2, 0.25) is 11.8 Å². The molecule has 0 radical (unpaired) electrons. The highest BCUT2D eigenvalue weighted by Crippen LogP contribution is 1.97. The third-order valence-corrected chi connectivity index (χ3v) is 1.96. The zero-order chi connectivity index (χ0) is 12.6. The second kappa shape index (κ2) is 7.22. The Morgan fingerprint density at radius 3 is 2.06 bits per heavy atom. The molecule has 0 aliphatic rings. The molecule has 16 heavy (non-hydrogen) atoms. The Balaban J connectivity index is 3.49. The summed E-state index contributed by atoms with van der Waals surface area (Å²) in [5.74, 6) is -0.0891. The van der Waals surface area contributed by atoms with Crippen molar-refractivity contribution >= 4 is 11.8 Å². The largest absolute Gasteiger partial charge is 0.359 e. The van der Waals surface area contributed by atoms with Crippen LogP contribution in [0.25, 0.3) is 0 Å². The Morgan fingerprint density at radius 1 is 1.00 bits per heavy atom. The first-order valence-corrected chi connectivity index (χ1v) is 5.57. The molecule has 0 bridgehead atoms. The first kappa shape index (κ1) is 14.9. The van der Waals surface area contributed by atoms with Gasteiger partial charge < -0.3 is 16.0 Å². The summed E-state index contributed by atoms with van der Waals surface area (Å²) in [5, 5.41) is 8.42. The smallest absolute Gasteiger partial charge is 0.221 e. The van der Waals surface area contributed by atoms with Gasteiger partial charge in [-0.3, -0.25) is 9.59 Å². The van der Waals surface area contributed by atoms with E-state index in [-0.39, 0.29) is 17.4 Å². The number of hydrogen-bond donors (Lipinski definition) is 3. The van der Waals surface area contributed by atoms with E-state index in [1.807, 2.05) is 0 Å². The molecule has 0 aliphatic carbocycles. The second-order valence-electron chi connectivity index (χ2n) is 4.70. The van der Waals surface area contributed by atoms with Gasteiger partial charge in [-0.15, -0.1) is 0 Å². The number of amides is 2. The van der Waals surface area contributed by atoms with Crippen LogP contribution >= 0.6 is 0 Å². The Bertz CT molecular complexity index is 234. The Hall–Kier alpha value is -1.10. The van der Waals surface area contributed by atoms with Crippen molar-refractivity contribution in [2.75, 3.05) is 20.1 Å². The van der Waals surface area contributed by atoms with E-state index < -0.39 is 0 Å². The Labute approximate surface area is 97.4 Å². The van der Waals surface area contributed by atoms with Gasteiger partial charge in [-0.05, 0) is 20.8 Å². The lowest BCUT2D eigenvalue weighted by molar-refractivity contribution is -0.122. The molecule has 0 heterocycles. The van der Waals surface area contributed by atoms with Crippen molar-refractivity contribution in [3.05, 3.63) is 0 Å². The first-order valence-electron chi connectivity index (χ1n) is 5.57. The zero-order valence-electron chi connectivity index (χ0n) is 10.6. The SMILES string of the molecule is CNC(=O)CCNC(=O)CCNC(C)(C)C. The van der Waals surface area contributed by atoms with Crippen LogP contribution in [0.2, 0.25) is 0 Å². The Morgan fingerprint density at radius 2 is 1.56 bits per heavy atom. The van der Waals surface area contributed by atoms with Gasteiger partial charge in [-0.25, -0.2) is 0 Å². The average Bonchev–Trinajstić information content (AvgIpc) is 2.15. The molecule has 0 aromatic heterocycles. The van der Waals surface area contributed by atoms with Crippen LogP contribution in [-0.4, -0.2) is 37.5 Å². The maximum atomic E-state index is 11.3. The van der Waals surface area contributed by atoms with E-state index in [1.165, 1.54) is 0 Å². The minimum atomic E-state index is -0.0619. The van der Waals surface area contributed by atoms with Crippen molar-refractivity contribution in [3.63, 3.8) is 0 Å². The van der Waals surface area contributed by atoms with E-state index in [0.717, 1.165) is 0 Å². The lowest BCUT2D eigenvalue weighted by atomic mass is 10.1. The van der Waals surface area contributed by atoms with E-state index in [2.05, 4.69) is 36.7 Å². The molecule has 0 saturated carbocycles. The molecule has 5 heteroatoms. The van der Waals surface area contributed by atoms with E-state index in [1.54, 1.807) is 7.05 Å². The number of carbonyl (C=O) groups is 2. The standard InChI is InChI=1S/C11H23N3O2/c1-11(2,3)14-8-6-10(16)13-7-5-9(15)12-4/h14H,5-8H2,1-4H3,(H,12,15)(H,13,16). The highest BCUT2D eigenvalue weighted by Gasteiger charge is 2.09. The van der Waals surface area contributed by atoms with Crippen molar-refractivity contribution in [2.45, 2.75) is 39.2 Å². The molecular formula is C11H23N3O2. The van der Waals surface area contributed by atoms with Crippen molar-refractivity contribution in [2.24, 2.45) is 0 Å². The molecule has 0 aliphatic heterocycles. The highest BCUT2D eigenvalue weighted by atomic mass is 16.2. The molecular weight excluding hydrogens is 206 g/mol. The lowest BCUT2D eigenvalue weighted by Crippen LogP contribution is -2.38. The molecule has 3 N–H and O–H groups in total. The Kier molecular flexibility index (Phi) is 6.72. The number of nitrogens with one attached hydrogen (secondary N) is 3. The van der Waals surface area contributed by atoms with Gasteiger partial charge in [0.1, 0.15) is 0 Å². The molecule has 0 aromatic carbocycles. The molecule has 0 fully saturated rings. The number of rotatable bonds is 6.